The van der Waals surface area contributed by atoms with E-state index < -0.39 is 0 Å². The van der Waals surface area contributed by atoms with Gasteiger partial charge in [0.15, 0.2) is 11.8 Å². The second-order valence-corrected chi connectivity index (χ2v) is 6.13. The summed E-state index contributed by atoms with van der Waals surface area (Å²) in [6, 6.07) is 10.5. The van der Waals surface area contributed by atoms with Crippen LogP contribution in [0, 0.1) is 0 Å². The highest BCUT2D eigenvalue weighted by molar-refractivity contribution is 5.80. The first-order valence-electron chi connectivity index (χ1n) is 8.87. The zero-order valence-electron chi connectivity index (χ0n) is 15.0. The first kappa shape index (κ1) is 17.2. The number of aryl methyl sites for hydroxylation is 1. The van der Waals surface area contributed by atoms with Crippen LogP contribution in [0.3, 0.4) is 0 Å². The molecule has 0 saturated carbocycles. The highest BCUT2D eigenvalue weighted by Crippen LogP contribution is 2.19. The number of likely N-dealkylation sites (tertiary alicyclic amines) is 1. The number of nitrogens with zero attached hydrogens (tertiary/aromatic N) is 5. The summed E-state index contributed by atoms with van der Waals surface area (Å²) >= 11 is 0. The fourth-order valence-corrected chi connectivity index (χ4v) is 3.11. The summed E-state index contributed by atoms with van der Waals surface area (Å²) in [5.74, 6) is 1.87. The van der Waals surface area contributed by atoms with Crippen LogP contribution in [0.25, 0.3) is 6.08 Å². The fraction of sp³-hybridized carbons (Fsp3) is 0.421. The van der Waals surface area contributed by atoms with Gasteiger partial charge < -0.3 is 14.8 Å². The first-order valence-corrected chi connectivity index (χ1v) is 8.87. The lowest BCUT2D eigenvalue weighted by Gasteiger charge is -2.31. The van der Waals surface area contributed by atoms with Crippen LogP contribution in [0.5, 0.6) is 0 Å². The molecule has 6 nitrogen and oxygen atoms in total. The third-order valence-electron chi connectivity index (χ3n) is 4.53. The highest BCUT2D eigenvalue weighted by Gasteiger charge is 2.17. The number of benzene rings is 1. The summed E-state index contributed by atoms with van der Waals surface area (Å²) in [6.07, 6.45) is 6.22. The van der Waals surface area contributed by atoms with Crippen LogP contribution in [0.1, 0.15) is 31.2 Å². The molecule has 3 rings (SSSR count). The monoisotopic (exact) mass is 338 g/mol. The van der Waals surface area contributed by atoms with Crippen molar-refractivity contribution in [3.63, 3.8) is 0 Å². The number of rotatable bonds is 4. The van der Waals surface area contributed by atoms with Gasteiger partial charge in [0.25, 0.3) is 0 Å². The van der Waals surface area contributed by atoms with E-state index in [1.165, 1.54) is 11.1 Å². The summed E-state index contributed by atoms with van der Waals surface area (Å²) in [6.45, 7) is 5.58. The summed E-state index contributed by atoms with van der Waals surface area (Å²) in [5.41, 5.74) is 2.79. The molecule has 6 heteroatoms. The summed E-state index contributed by atoms with van der Waals surface area (Å²) in [5, 5.41) is 11.6. The molecule has 0 bridgehead atoms. The Balaban J connectivity index is 1.55. The van der Waals surface area contributed by atoms with Gasteiger partial charge in [-0.05, 0) is 25.3 Å². The standard InChI is InChI=1S/C19H26N6/c1-3-24-15-22-23-18(24)14-21-19(20-2)25-11-9-17(10-12-25)13-16-7-5-4-6-8-16/h4-8,13,15H,3,9-12,14H2,1-2H3,(H,20,21). The van der Waals surface area contributed by atoms with Gasteiger partial charge in [-0.3, -0.25) is 4.99 Å². The van der Waals surface area contributed by atoms with E-state index in [2.05, 4.69) is 68.7 Å². The van der Waals surface area contributed by atoms with E-state index >= 15 is 0 Å². The Morgan fingerprint density at radius 1 is 1.24 bits per heavy atom. The normalized spacial score (nSPS) is 15.4. The maximum atomic E-state index is 4.43. The molecule has 25 heavy (non-hydrogen) atoms. The van der Waals surface area contributed by atoms with Gasteiger partial charge in [0.05, 0.1) is 6.54 Å². The van der Waals surface area contributed by atoms with Gasteiger partial charge >= 0.3 is 0 Å². The van der Waals surface area contributed by atoms with E-state index in [0.717, 1.165) is 44.3 Å². The van der Waals surface area contributed by atoms with Crippen LogP contribution in [0.15, 0.2) is 47.2 Å². The van der Waals surface area contributed by atoms with E-state index in [9.17, 15) is 0 Å². The van der Waals surface area contributed by atoms with E-state index in [0.29, 0.717) is 6.54 Å². The molecule has 1 N–H and O–H groups in total. The number of guanidine groups is 1. The lowest BCUT2D eigenvalue weighted by atomic mass is 10.0. The van der Waals surface area contributed by atoms with Crippen molar-refractivity contribution in [3.8, 4) is 0 Å². The number of hydrogen-bond acceptors (Lipinski definition) is 3. The number of aliphatic imine (C=N–C) groups is 1. The predicted molar refractivity (Wildman–Crippen MR) is 101 cm³/mol. The van der Waals surface area contributed by atoms with Crippen molar-refractivity contribution in [1.82, 2.24) is 25.0 Å². The van der Waals surface area contributed by atoms with Crippen molar-refractivity contribution in [1.29, 1.82) is 0 Å². The minimum atomic E-state index is 0.643. The minimum Gasteiger partial charge on any atom is -0.349 e. The third-order valence-corrected chi connectivity index (χ3v) is 4.53. The summed E-state index contributed by atoms with van der Waals surface area (Å²) in [7, 11) is 1.84. The second-order valence-electron chi connectivity index (χ2n) is 6.13. The summed E-state index contributed by atoms with van der Waals surface area (Å²) < 4.78 is 2.04. The van der Waals surface area contributed by atoms with Crippen LogP contribution in [0.4, 0.5) is 0 Å². The van der Waals surface area contributed by atoms with Gasteiger partial charge in [0.1, 0.15) is 6.33 Å². The van der Waals surface area contributed by atoms with Crippen molar-refractivity contribution >= 4 is 12.0 Å². The zero-order chi connectivity index (χ0) is 17.5. The van der Waals surface area contributed by atoms with Crippen LogP contribution >= 0.6 is 0 Å². The average Bonchev–Trinajstić information content (AvgIpc) is 3.12. The molecule has 1 aliphatic heterocycles. The lowest BCUT2D eigenvalue weighted by molar-refractivity contribution is 0.374. The molecule has 0 atom stereocenters. The molecular formula is C19H26N6. The average molecular weight is 338 g/mol. The van der Waals surface area contributed by atoms with E-state index in [-0.39, 0.29) is 0 Å². The highest BCUT2D eigenvalue weighted by atomic mass is 15.3. The Kier molecular flexibility index (Phi) is 5.82. The molecule has 132 valence electrons. The maximum Gasteiger partial charge on any atom is 0.194 e. The van der Waals surface area contributed by atoms with E-state index in [4.69, 9.17) is 0 Å². The summed E-state index contributed by atoms with van der Waals surface area (Å²) in [4.78, 5) is 6.74. The second kappa shape index (κ2) is 8.46. The molecule has 0 aliphatic carbocycles. The van der Waals surface area contributed by atoms with E-state index in [1.807, 2.05) is 11.6 Å². The van der Waals surface area contributed by atoms with E-state index in [1.54, 1.807) is 6.33 Å². The van der Waals surface area contributed by atoms with Gasteiger partial charge in [-0.25, -0.2) is 0 Å². The number of piperidine rings is 1. The Morgan fingerprint density at radius 3 is 2.68 bits per heavy atom. The Hall–Kier alpha value is -2.63. The zero-order valence-corrected chi connectivity index (χ0v) is 15.0. The fourth-order valence-electron chi connectivity index (χ4n) is 3.11. The van der Waals surface area contributed by atoms with Crippen LogP contribution < -0.4 is 5.32 Å². The lowest BCUT2D eigenvalue weighted by Crippen LogP contribution is -2.44. The van der Waals surface area contributed by atoms with Crippen LogP contribution in [-0.2, 0) is 13.1 Å². The van der Waals surface area contributed by atoms with Gasteiger partial charge in [-0.15, -0.1) is 10.2 Å². The maximum absolute atomic E-state index is 4.43. The van der Waals surface area contributed by atoms with Gasteiger partial charge in [0.2, 0.25) is 0 Å². The van der Waals surface area contributed by atoms with Gasteiger partial charge in [-0.1, -0.05) is 42.0 Å². The molecule has 1 aliphatic rings. The molecule has 0 amide bonds. The number of nitrogens with one attached hydrogen (secondary N) is 1. The molecule has 1 saturated heterocycles. The van der Waals surface area contributed by atoms with Crippen molar-refractivity contribution in [2.24, 2.45) is 4.99 Å². The molecule has 1 aromatic carbocycles. The molecule has 0 unspecified atom stereocenters. The molecule has 1 fully saturated rings. The Bertz CT molecular complexity index is 721. The van der Waals surface area contributed by atoms with Crippen LogP contribution in [-0.4, -0.2) is 45.8 Å². The molecule has 2 heterocycles. The molecule has 2 aromatic rings. The number of hydrogen-bond donors (Lipinski definition) is 1. The van der Waals surface area contributed by atoms with Crippen molar-refractivity contribution in [2.45, 2.75) is 32.9 Å². The van der Waals surface area contributed by atoms with Crippen molar-refractivity contribution in [3.05, 3.63) is 53.6 Å². The SMILES string of the molecule is CCn1cnnc1CNC(=NC)N1CCC(=Cc2ccccc2)CC1. The molecular weight excluding hydrogens is 312 g/mol. The topological polar surface area (TPSA) is 58.3 Å². The van der Waals surface area contributed by atoms with Gasteiger partial charge in [-0.2, -0.15) is 0 Å². The third kappa shape index (κ3) is 4.47. The van der Waals surface area contributed by atoms with Crippen LogP contribution in [0.2, 0.25) is 0 Å². The van der Waals surface area contributed by atoms with Crippen molar-refractivity contribution < 1.29 is 0 Å². The largest absolute Gasteiger partial charge is 0.349 e. The first-order chi connectivity index (χ1) is 12.3. The predicted octanol–water partition coefficient (Wildman–Crippen LogP) is 2.55. The molecule has 1 aromatic heterocycles. The molecule has 0 radical (unpaired) electrons. The Morgan fingerprint density at radius 2 is 2.00 bits per heavy atom. The van der Waals surface area contributed by atoms with Crippen molar-refractivity contribution in [2.75, 3.05) is 20.1 Å². The minimum absolute atomic E-state index is 0.643. The quantitative estimate of drug-likeness (QED) is 0.687. The molecule has 0 spiro atoms. The Labute approximate surface area is 149 Å². The van der Waals surface area contributed by atoms with Gasteiger partial charge in [0, 0.05) is 26.7 Å². The smallest absolute Gasteiger partial charge is 0.194 e. The number of aromatic nitrogens is 3.